The molecule has 1 rings (SSSR count). The first kappa shape index (κ1) is 6.99. The first-order valence-corrected chi connectivity index (χ1v) is 3.20. The van der Waals surface area contributed by atoms with Gasteiger partial charge in [0.05, 0.1) is 5.92 Å². The fraction of sp³-hybridized carbons (Fsp3) is 0.429. The third kappa shape index (κ3) is 0.835. The molecule has 0 spiro atoms. The number of hydrogen-bond acceptors (Lipinski definition) is 2. The van der Waals surface area contributed by atoms with E-state index >= 15 is 0 Å². The highest BCUT2D eigenvalue weighted by Crippen LogP contribution is 2.18. The number of carbonyl (C=O) groups is 2. The zero-order valence-corrected chi connectivity index (χ0v) is 5.81. The maximum atomic E-state index is 10.8. The molecule has 54 valence electrons. The number of carbonyl (C=O) groups excluding carboxylic acids is 2. The molecule has 2 amide bonds. The van der Waals surface area contributed by atoms with Crippen molar-refractivity contribution in [1.82, 2.24) is 5.32 Å². The summed E-state index contributed by atoms with van der Waals surface area (Å²) in [7, 11) is 0. The van der Waals surface area contributed by atoms with E-state index in [0.717, 1.165) is 0 Å². The van der Waals surface area contributed by atoms with Crippen LogP contribution in [0.15, 0.2) is 12.2 Å². The molecule has 0 saturated carbocycles. The van der Waals surface area contributed by atoms with E-state index in [0.29, 0.717) is 12.0 Å². The number of imide groups is 1. The summed E-state index contributed by atoms with van der Waals surface area (Å²) in [6.45, 7) is 5.36. The molecule has 0 aromatic heterocycles. The van der Waals surface area contributed by atoms with Gasteiger partial charge in [0, 0.05) is 5.57 Å². The molecule has 0 aromatic rings. The SMILES string of the molecule is C=C1C(=O)NC(=O)C1CC. The summed E-state index contributed by atoms with van der Waals surface area (Å²) < 4.78 is 0. The van der Waals surface area contributed by atoms with Gasteiger partial charge in [-0.05, 0) is 6.42 Å². The molecule has 3 heteroatoms. The van der Waals surface area contributed by atoms with Gasteiger partial charge in [-0.1, -0.05) is 13.5 Å². The quantitative estimate of drug-likeness (QED) is 0.417. The summed E-state index contributed by atoms with van der Waals surface area (Å²) in [5.41, 5.74) is 0.396. The fourth-order valence-electron chi connectivity index (χ4n) is 1.03. The first-order chi connectivity index (χ1) is 4.66. The number of nitrogens with one attached hydrogen (secondary N) is 1. The molecule has 1 aliphatic heterocycles. The summed E-state index contributed by atoms with van der Waals surface area (Å²) in [4.78, 5) is 21.6. The first-order valence-electron chi connectivity index (χ1n) is 3.20. The Morgan fingerprint density at radius 2 is 2.20 bits per heavy atom. The Morgan fingerprint density at radius 1 is 1.60 bits per heavy atom. The van der Waals surface area contributed by atoms with Gasteiger partial charge in [-0.3, -0.25) is 14.9 Å². The van der Waals surface area contributed by atoms with Gasteiger partial charge in [0.1, 0.15) is 0 Å². The highest BCUT2D eigenvalue weighted by Gasteiger charge is 2.32. The van der Waals surface area contributed by atoms with Gasteiger partial charge in [0.2, 0.25) is 5.91 Å². The van der Waals surface area contributed by atoms with Crippen LogP contribution in [0.2, 0.25) is 0 Å². The van der Waals surface area contributed by atoms with E-state index in [2.05, 4.69) is 11.9 Å². The monoisotopic (exact) mass is 139 g/mol. The van der Waals surface area contributed by atoms with E-state index in [1.807, 2.05) is 6.92 Å². The minimum Gasteiger partial charge on any atom is -0.292 e. The van der Waals surface area contributed by atoms with E-state index in [9.17, 15) is 9.59 Å². The predicted molar refractivity (Wildman–Crippen MR) is 36.1 cm³/mol. The second-order valence-corrected chi connectivity index (χ2v) is 2.30. The van der Waals surface area contributed by atoms with E-state index in [-0.39, 0.29) is 17.7 Å². The third-order valence-corrected chi connectivity index (χ3v) is 1.67. The number of rotatable bonds is 1. The van der Waals surface area contributed by atoms with Crippen LogP contribution in [0, 0.1) is 5.92 Å². The second kappa shape index (κ2) is 2.25. The van der Waals surface area contributed by atoms with Gasteiger partial charge in [-0.25, -0.2) is 0 Å². The van der Waals surface area contributed by atoms with E-state index < -0.39 is 0 Å². The average Bonchev–Trinajstić information content (AvgIpc) is 2.09. The summed E-state index contributed by atoms with van der Waals surface area (Å²) >= 11 is 0. The van der Waals surface area contributed by atoms with Gasteiger partial charge < -0.3 is 0 Å². The molecule has 0 radical (unpaired) electrons. The summed E-state index contributed by atoms with van der Waals surface area (Å²) in [6.07, 6.45) is 0.649. The van der Waals surface area contributed by atoms with Crippen LogP contribution in [0.5, 0.6) is 0 Å². The predicted octanol–water partition coefficient (Wildman–Crippen LogP) is 0.225. The normalized spacial score (nSPS) is 25.3. The Bertz CT molecular complexity index is 208. The van der Waals surface area contributed by atoms with Gasteiger partial charge in [0.15, 0.2) is 0 Å². The lowest BCUT2D eigenvalue weighted by molar-refractivity contribution is -0.125. The smallest absolute Gasteiger partial charge is 0.253 e. The Kier molecular flexibility index (Phi) is 1.57. The largest absolute Gasteiger partial charge is 0.292 e. The zero-order valence-electron chi connectivity index (χ0n) is 5.81. The molecule has 10 heavy (non-hydrogen) atoms. The van der Waals surface area contributed by atoms with Crippen molar-refractivity contribution in [3.05, 3.63) is 12.2 Å². The molecule has 1 atom stereocenters. The van der Waals surface area contributed by atoms with E-state index in [4.69, 9.17) is 0 Å². The second-order valence-electron chi connectivity index (χ2n) is 2.30. The van der Waals surface area contributed by atoms with Crippen molar-refractivity contribution in [2.75, 3.05) is 0 Å². The van der Waals surface area contributed by atoms with E-state index in [1.54, 1.807) is 0 Å². The van der Waals surface area contributed by atoms with Crippen LogP contribution >= 0.6 is 0 Å². The molecular formula is C7H9NO2. The molecule has 1 fully saturated rings. The van der Waals surface area contributed by atoms with Crippen LogP contribution in [0.4, 0.5) is 0 Å². The highest BCUT2D eigenvalue weighted by molar-refractivity contribution is 6.14. The molecule has 0 bridgehead atoms. The molecule has 0 aliphatic carbocycles. The Balaban J connectivity index is 2.84. The topological polar surface area (TPSA) is 46.2 Å². The van der Waals surface area contributed by atoms with Crippen molar-refractivity contribution >= 4 is 11.8 Å². The molecule has 1 saturated heterocycles. The zero-order chi connectivity index (χ0) is 7.72. The number of amides is 2. The lowest BCUT2D eigenvalue weighted by Crippen LogP contribution is -2.21. The van der Waals surface area contributed by atoms with Crippen LogP contribution in [-0.2, 0) is 9.59 Å². The lowest BCUT2D eigenvalue weighted by atomic mass is 10.0. The van der Waals surface area contributed by atoms with Crippen LogP contribution in [-0.4, -0.2) is 11.8 Å². The maximum Gasteiger partial charge on any atom is 0.253 e. The molecule has 1 heterocycles. The molecule has 1 aliphatic rings. The Labute approximate surface area is 59.1 Å². The summed E-state index contributed by atoms with van der Waals surface area (Å²) in [5, 5.41) is 2.19. The van der Waals surface area contributed by atoms with Crippen LogP contribution in [0.1, 0.15) is 13.3 Å². The summed E-state index contributed by atoms with van der Waals surface area (Å²) in [5.74, 6) is -0.818. The third-order valence-electron chi connectivity index (χ3n) is 1.67. The van der Waals surface area contributed by atoms with Crippen molar-refractivity contribution < 1.29 is 9.59 Å². The van der Waals surface area contributed by atoms with Crippen LogP contribution < -0.4 is 5.32 Å². The van der Waals surface area contributed by atoms with Crippen LogP contribution in [0.3, 0.4) is 0 Å². The van der Waals surface area contributed by atoms with Gasteiger partial charge in [-0.2, -0.15) is 0 Å². The van der Waals surface area contributed by atoms with Gasteiger partial charge in [-0.15, -0.1) is 0 Å². The summed E-state index contributed by atoms with van der Waals surface area (Å²) in [6, 6.07) is 0. The molecule has 1 N–H and O–H groups in total. The van der Waals surface area contributed by atoms with Crippen molar-refractivity contribution in [2.24, 2.45) is 5.92 Å². The van der Waals surface area contributed by atoms with Gasteiger partial charge in [0.25, 0.3) is 5.91 Å². The molecule has 0 aromatic carbocycles. The van der Waals surface area contributed by atoms with Crippen molar-refractivity contribution in [3.63, 3.8) is 0 Å². The molecule has 3 nitrogen and oxygen atoms in total. The van der Waals surface area contributed by atoms with Crippen molar-refractivity contribution in [2.45, 2.75) is 13.3 Å². The van der Waals surface area contributed by atoms with Crippen molar-refractivity contribution in [3.8, 4) is 0 Å². The lowest BCUT2D eigenvalue weighted by Gasteiger charge is -1.99. The minimum atomic E-state index is -0.322. The molecule has 1 unspecified atom stereocenters. The average molecular weight is 139 g/mol. The van der Waals surface area contributed by atoms with Gasteiger partial charge >= 0.3 is 0 Å². The van der Waals surface area contributed by atoms with E-state index in [1.165, 1.54) is 0 Å². The highest BCUT2D eigenvalue weighted by atomic mass is 16.2. The standard InChI is InChI=1S/C7H9NO2/c1-3-5-4(2)6(9)8-7(5)10/h5H,2-3H2,1H3,(H,8,9,10). The maximum absolute atomic E-state index is 10.8. The van der Waals surface area contributed by atoms with Crippen LogP contribution in [0.25, 0.3) is 0 Å². The molecular weight excluding hydrogens is 130 g/mol. The Hall–Kier alpha value is -1.12. The fourth-order valence-corrected chi connectivity index (χ4v) is 1.03. The Morgan fingerprint density at radius 3 is 2.40 bits per heavy atom. The minimum absolute atomic E-state index is 0.211. The number of hydrogen-bond donors (Lipinski definition) is 1. The van der Waals surface area contributed by atoms with Crippen molar-refractivity contribution in [1.29, 1.82) is 0 Å².